The van der Waals surface area contributed by atoms with E-state index in [0.717, 1.165) is 0 Å². The molecule has 0 radical (unpaired) electrons. The minimum Gasteiger partial charge on any atom is -0.506 e. The van der Waals surface area contributed by atoms with Gasteiger partial charge in [0.2, 0.25) is 0 Å². The summed E-state index contributed by atoms with van der Waals surface area (Å²) in [6.07, 6.45) is 1.86. The van der Waals surface area contributed by atoms with Crippen LogP contribution < -0.4 is 5.32 Å². The Morgan fingerprint density at radius 1 is 1.37 bits per heavy atom. The fourth-order valence-corrected chi connectivity index (χ4v) is 2.00. The Kier molecular flexibility index (Phi) is 3.81. The first-order chi connectivity index (χ1) is 8.99. The number of hydrogen-bond donors (Lipinski definition) is 2. The number of aromatic nitrogens is 1. The molecule has 0 fully saturated rings. The molecule has 0 bridgehead atoms. The number of halogens is 1. The van der Waals surface area contributed by atoms with Crippen LogP contribution in [-0.4, -0.2) is 15.6 Å². The van der Waals surface area contributed by atoms with Gasteiger partial charge in [-0.15, -0.1) is 0 Å². The Hall–Kier alpha value is -1.94. The highest BCUT2D eigenvalue weighted by Gasteiger charge is 2.13. The van der Waals surface area contributed by atoms with Gasteiger partial charge in [0.15, 0.2) is 0 Å². The number of carbonyl (C=O) groups is 1. The molecule has 100 valence electrons. The molecule has 0 unspecified atom stereocenters. The maximum absolute atomic E-state index is 12.2. The molecule has 2 rings (SSSR count). The highest BCUT2D eigenvalue weighted by atomic mass is 35.5. The van der Waals surface area contributed by atoms with E-state index in [4.69, 9.17) is 11.6 Å². The van der Waals surface area contributed by atoms with Gasteiger partial charge in [-0.25, -0.2) is 0 Å². The summed E-state index contributed by atoms with van der Waals surface area (Å²) in [6.45, 7) is 4.02. The number of phenols is 1. The molecule has 0 aliphatic carbocycles. The Balaban J connectivity index is 2.21. The SMILES string of the molecule is CC(C)n1cccc1C(=O)Nc1ccc(O)c(Cl)c1. The number of benzene rings is 1. The van der Waals surface area contributed by atoms with Crippen molar-refractivity contribution < 1.29 is 9.90 Å². The zero-order valence-electron chi connectivity index (χ0n) is 10.7. The number of hydrogen-bond acceptors (Lipinski definition) is 2. The first kappa shape index (κ1) is 13.5. The second kappa shape index (κ2) is 5.36. The monoisotopic (exact) mass is 278 g/mol. The van der Waals surface area contributed by atoms with Crippen LogP contribution in [0.25, 0.3) is 0 Å². The summed E-state index contributed by atoms with van der Waals surface area (Å²) in [5.74, 6) is -0.217. The zero-order valence-corrected chi connectivity index (χ0v) is 11.5. The second-order valence-corrected chi connectivity index (χ2v) is 4.92. The maximum atomic E-state index is 12.2. The van der Waals surface area contributed by atoms with Gasteiger partial charge in [-0.05, 0) is 44.2 Å². The molecule has 1 heterocycles. The lowest BCUT2D eigenvalue weighted by atomic mass is 10.3. The van der Waals surface area contributed by atoms with E-state index >= 15 is 0 Å². The molecule has 0 saturated heterocycles. The van der Waals surface area contributed by atoms with Crippen LogP contribution in [0.4, 0.5) is 5.69 Å². The largest absolute Gasteiger partial charge is 0.506 e. The summed E-state index contributed by atoms with van der Waals surface area (Å²) in [7, 11) is 0. The first-order valence-electron chi connectivity index (χ1n) is 5.95. The lowest BCUT2D eigenvalue weighted by molar-refractivity contribution is 0.101. The van der Waals surface area contributed by atoms with Crippen LogP contribution in [0.1, 0.15) is 30.4 Å². The predicted molar refractivity (Wildman–Crippen MR) is 75.9 cm³/mol. The van der Waals surface area contributed by atoms with Crippen LogP contribution in [0, 0.1) is 0 Å². The van der Waals surface area contributed by atoms with Gasteiger partial charge in [-0.1, -0.05) is 11.6 Å². The van der Waals surface area contributed by atoms with Crippen molar-refractivity contribution in [3.63, 3.8) is 0 Å². The highest BCUT2D eigenvalue weighted by Crippen LogP contribution is 2.26. The first-order valence-corrected chi connectivity index (χ1v) is 6.33. The van der Waals surface area contributed by atoms with Crippen LogP contribution >= 0.6 is 11.6 Å². The summed E-state index contributed by atoms with van der Waals surface area (Å²) < 4.78 is 1.89. The van der Waals surface area contributed by atoms with Gasteiger partial charge in [-0.2, -0.15) is 0 Å². The number of nitrogens with one attached hydrogen (secondary N) is 1. The van der Waals surface area contributed by atoms with Crippen molar-refractivity contribution in [2.24, 2.45) is 0 Å². The third-order valence-electron chi connectivity index (χ3n) is 2.77. The molecule has 4 nitrogen and oxygen atoms in total. The van der Waals surface area contributed by atoms with Crippen molar-refractivity contribution >= 4 is 23.2 Å². The molecule has 1 aromatic carbocycles. The number of nitrogens with zero attached hydrogens (tertiary/aromatic N) is 1. The van der Waals surface area contributed by atoms with Crippen molar-refractivity contribution in [2.75, 3.05) is 5.32 Å². The summed E-state index contributed by atoms with van der Waals surface area (Å²) in [4.78, 5) is 12.2. The predicted octanol–water partition coefficient (Wildman–Crippen LogP) is 3.68. The molecular formula is C14H15ClN2O2. The Labute approximate surface area is 116 Å². The highest BCUT2D eigenvalue weighted by molar-refractivity contribution is 6.32. The average Bonchev–Trinajstić information content (AvgIpc) is 2.83. The van der Waals surface area contributed by atoms with E-state index in [2.05, 4.69) is 5.32 Å². The number of anilines is 1. The minimum atomic E-state index is -0.208. The smallest absolute Gasteiger partial charge is 0.272 e. The summed E-state index contributed by atoms with van der Waals surface area (Å²) in [5.41, 5.74) is 1.13. The van der Waals surface area contributed by atoms with Gasteiger partial charge in [0, 0.05) is 17.9 Å². The lowest BCUT2D eigenvalue weighted by Gasteiger charge is -2.13. The molecule has 0 spiro atoms. The van der Waals surface area contributed by atoms with Gasteiger partial charge >= 0.3 is 0 Å². The fraction of sp³-hybridized carbons (Fsp3) is 0.214. The zero-order chi connectivity index (χ0) is 14.0. The van der Waals surface area contributed by atoms with E-state index in [9.17, 15) is 9.90 Å². The standard InChI is InChI=1S/C14H15ClN2O2/c1-9(2)17-7-3-4-12(17)14(19)16-10-5-6-13(18)11(15)8-10/h3-9,18H,1-2H3,(H,16,19). The Morgan fingerprint density at radius 2 is 2.11 bits per heavy atom. The summed E-state index contributed by atoms with van der Waals surface area (Å²) >= 11 is 5.80. The Bertz CT molecular complexity index is 605. The molecule has 0 aliphatic rings. The van der Waals surface area contributed by atoms with Crippen molar-refractivity contribution in [3.05, 3.63) is 47.2 Å². The third kappa shape index (κ3) is 2.90. The van der Waals surface area contributed by atoms with Crippen LogP contribution in [0.15, 0.2) is 36.5 Å². The normalized spacial score (nSPS) is 10.7. The van der Waals surface area contributed by atoms with Crippen LogP contribution in [0.3, 0.4) is 0 Å². The molecule has 2 aromatic rings. The number of carbonyl (C=O) groups excluding carboxylic acids is 1. The van der Waals surface area contributed by atoms with E-state index in [1.165, 1.54) is 12.1 Å². The van der Waals surface area contributed by atoms with E-state index in [1.54, 1.807) is 12.1 Å². The van der Waals surface area contributed by atoms with E-state index in [1.807, 2.05) is 30.7 Å². The van der Waals surface area contributed by atoms with Crippen LogP contribution in [0.5, 0.6) is 5.75 Å². The van der Waals surface area contributed by atoms with Crippen LogP contribution in [-0.2, 0) is 0 Å². The quantitative estimate of drug-likeness (QED) is 0.842. The van der Waals surface area contributed by atoms with Gasteiger partial charge in [0.1, 0.15) is 11.4 Å². The van der Waals surface area contributed by atoms with E-state index < -0.39 is 0 Å². The molecule has 0 aliphatic heterocycles. The molecule has 1 amide bonds. The van der Waals surface area contributed by atoms with Gasteiger partial charge in [0.25, 0.3) is 5.91 Å². The molecular weight excluding hydrogens is 264 g/mol. The van der Waals surface area contributed by atoms with E-state index in [-0.39, 0.29) is 22.7 Å². The van der Waals surface area contributed by atoms with E-state index in [0.29, 0.717) is 11.4 Å². The fourth-order valence-electron chi connectivity index (χ4n) is 1.82. The number of phenolic OH excluding ortho intramolecular Hbond substituents is 1. The topological polar surface area (TPSA) is 54.3 Å². The molecule has 0 saturated carbocycles. The molecule has 19 heavy (non-hydrogen) atoms. The molecule has 5 heteroatoms. The number of amides is 1. The summed E-state index contributed by atoms with van der Waals surface area (Å²) in [6, 6.07) is 8.36. The number of aromatic hydroxyl groups is 1. The van der Waals surface area contributed by atoms with Gasteiger partial charge < -0.3 is 15.0 Å². The maximum Gasteiger partial charge on any atom is 0.272 e. The second-order valence-electron chi connectivity index (χ2n) is 4.51. The molecule has 2 N–H and O–H groups in total. The third-order valence-corrected chi connectivity index (χ3v) is 3.08. The Morgan fingerprint density at radius 3 is 2.74 bits per heavy atom. The molecule has 1 aromatic heterocycles. The van der Waals surface area contributed by atoms with Gasteiger partial charge in [-0.3, -0.25) is 4.79 Å². The average molecular weight is 279 g/mol. The van der Waals surface area contributed by atoms with Crippen molar-refractivity contribution in [2.45, 2.75) is 19.9 Å². The van der Waals surface area contributed by atoms with Crippen molar-refractivity contribution in [1.82, 2.24) is 4.57 Å². The molecule has 0 atom stereocenters. The van der Waals surface area contributed by atoms with Crippen molar-refractivity contribution in [3.8, 4) is 5.75 Å². The van der Waals surface area contributed by atoms with Gasteiger partial charge in [0.05, 0.1) is 5.02 Å². The van der Waals surface area contributed by atoms with Crippen molar-refractivity contribution in [1.29, 1.82) is 0 Å². The number of rotatable bonds is 3. The summed E-state index contributed by atoms with van der Waals surface area (Å²) in [5, 5.41) is 12.3. The van der Waals surface area contributed by atoms with Crippen LogP contribution in [0.2, 0.25) is 5.02 Å². The minimum absolute atomic E-state index is 0.00905. The lowest BCUT2D eigenvalue weighted by Crippen LogP contribution is -2.17.